The first kappa shape index (κ1) is 17.6. The smallest absolute Gasteiger partial charge is 0.417 e. The van der Waals surface area contributed by atoms with Gasteiger partial charge in [-0.15, -0.1) is 0 Å². The highest BCUT2D eigenvalue weighted by Gasteiger charge is 2.48. The van der Waals surface area contributed by atoms with Gasteiger partial charge < -0.3 is 4.74 Å². The lowest BCUT2D eigenvalue weighted by atomic mass is 9.96. The van der Waals surface area contributed by atoms with Crippen LogP contribution in [0.5, 0.6) is 0 Å². The third kappa shape index (κ3) is 3.56. The molecule has 2 amide bonds. The lowest BCUT2D eigenvalue weighted by molar-refractivity contribution is -0.128. The minimum absolute atomic E-state index is 0.0930. The number of hydrogen-bond donors (Lipinski definition) is 0. The first-order valence-corrected chi connectivity index (χ1v) is 9.20. The molecule has 2 aliphatic carbocycles. The molecule has 0 N–H and O–H groups in total. The maximum atomic E-state index is 12.9. The molecule has 0 bridgehead atoms. The first-order valence-electron chi connectivity index (χ1n) is 9.20. The number of cyclic esters (lactones) is 1. The van der Waals surface area contributed by atoms with E-state index in [-0.39, 0.29) is 37.2 Å². The third-order valence-electron chi connectivity index (χ3n) is 5.40. The monoisotopic (exact) mass is 369 g/mol. The number of carbonyl (C=O) groups excluding carboxylic acids is 3. The van der Waals surface area contributed by atoms with Crippen LogP contribution in [0.1, 0.15) is 36.0 Å². The molecule has 1 saturated carbocycles. The Morgan fingerprint density at radius 1 is 1.19 bits per heavy atom. The average Bonchev–Trinajstić information content (AvgIpc) is 3.36. The van der Waals surface area contributed by atoms with Crippen LogP contribution in [0.2, 0.25) is 0 Å². The summed E-state index contributed by atoms with van der Waals surface area (Å²) in [6, 6.07) is 5.00. The molecule has 2 unspecified atom stereocenters. The molecule has 1 aromatic rings. The van der Waals surface area contributed by atoms with Crippen molar-refractivity contribution in [1.29, 1.82) is 0 Å². The van der Waals surface area contributed by atoms with E-state index in [0.717, 1.165) is 12.0 Å². The second kappa shape index (κ2) is 7.10. The molecule has 3 atom stereocenters. The van der Waals surface area contributed by atoms with Crippen molar-refractivity contribution in [3.05, 3.63) is 59.4 Å². The van der Waals surface area contributed by atoms with Gasteiger partial charge in [-0.25, -0.2) is 14.1 Å². The number of ether oxygens (including phenoxy) is 1. The molecule has 140 valence electrons. The van der Waals surface area contributed by atoms with Gasteiger partial charge in [0.1, 0.15) is 12.4 Å². The van der Waals surface area contributed by atoms with Gasteiger partial charge in [-0.3, -0.25) is 9.59 Å². The van der Waals surface area contributed by atoms with Gasteiger partial charge in [0.2, 0.25) is 5.91 Å². The fourth-order valence-corrected chi connectivity index (χ4v) is 3.84. The molecule has 1 aromatic carbocycles. The maximum Gasteiger partial charge on any atom is 0.417 e. The zero-order valence-electron chi connectivity index (χ0n) is 14.8. The van der Waals surface area contributed by atoms with Crippen LogP contribution in [0.15, 0.2) is 48.1 Å². The minimum atomic E-state index is -0.609. The number of allylic oxidation sites excluding steroid dienone is 3. The number of rotatable bonds is 6. The number of carbonyl (C=O) groups is 3. The molecule has 27 heavy (non-hydrogen) atoms. The number of Topliss-reactive ketones (excluding diaryl/α,β-unsaturated/α-hetero) is 1. The number of fused-ring (bicyclic) bond motifs is 1. The molecule has 5 nitrogen and oxygen atoms in total. The molecule has 1 aliphatic heterocycles. The Balaban J connectivity index is 1.35. The fraction of sp³-hybridized carbons (Fsp3) is 0.381. The second-order valence-electron chi connectivity index (χ2n) is 7.20. The molecular weight excluding hydrogens is 349 g/mol. The topological polar surface area (TPSA) is 63.7 Å². The van der Waals surface area contributed by atoms with E-state index in [1.807, 2.05) is 12.2 Å². The van der Waals surface area contributed by atoms with Gasteiger partial charge in [0.05, 0.1) is 6.04 Å². The number of benzene rings is 1. The highest BCUT2D eigenvalue weighted by Crippen LogP contribution is 2.49. The Bertz CT molecular complexity index is 842. The summed E-state index contributed by atoms with van der Waals surface area (Å²) < 4.78 is 18.1. The van der Waals surface area contributed by atoms with Crippen LogP contribution in [0.25, 0.3) is 0 Å². The Labute approximate surface area is 156 Å². The summed E-state index contributed by atoms with van der Waals surface area (Å²) in [5.74, 6) is 0.0623. The van der Waals surface area contributed by atoms with Gasteiger partial charge in [-0.1, -0.05) is 18.2 Å². The number of halogens is 1. The van der Waals surface area contributed by atoms with Gasteiger partial charge >= 0.3 is 6.09 Å². The minimum Gasteiger partial charge on any atom is -0.447 e. The summed E-state index contributed by atoms with van der Waals surface area (Å²) in [6.07, 6.45) is 7.16. The summed E-state index contributed by atoms with van der Waals surface area (Å²) in [4.78, 5) is 38.0. The van der Waals surface area contributed by atoms with Crippen molar-refractivity contribution in [1.82, 2.24) is 4.90 Å². The van der Waals surface area contributed by atoms with Gasteiger partial charge in [-0.2, -0.15) is 0 Å². The molecule has 4 rings (SSSR count). The van der Waals surface area contributed by atoms with E-state index < -0.39 is 11.9 Å². The van der Waals surface area contributed by atoms with Crippen molar-refractivity contribution in [2.24, 2.45) is 11.8 Å². The van der Waals surface area contributed by atoms with E-state index in [1.54, 1.807) is 0 Å². The highest BCUT2D eigenvalue weighted by atomic mass is 19.1. The van der Waals surface area contributed by atoms with E-state index in [4.69, 9.17) is 4.74 Å². The van der Waals surface area contributed by atoms with Crippen LogP contribution in [0, 0.1) is 17.7 Å². The van der Waals surface area contributed by atoms with Crippen LogP contribution in [-0.2, 0) is 9.53 Å². The zero-order valence-corrected chi connectivity index (χ0v) is 14.8. The summed E-state index contributed by atoms with van der Waals surface area (Å²) in [6.45, 7) is 0.196. The summed E-state index contributed by atoms with van der Waals surface area (Å²) in [7, 11) is 0. The normalized spacial score (nSPS) is 25.7. The Morgan fingerprint density at radius 3 is 2.74 bits per heavy atom. The standard InChI is InChI=1S/C21H20FNO4/c22-15-9-7-13(8-10-15)19(24)5-2-6-20(25)23-18(12-27-21(23)26)16-4-1-3-14-11-17(14)16/h1,3-4,7-10,14,17-18H,2,5-6,11-12H2/t14?,17?,18-/m1/s1. The van der Waals surface area contributed by atoms with Crippen molar-refractivity contribution >= 4 is 17.8 Å². The van der Waals surface area contributed by atoms with E-state index >= 15 is 0 Å². The molecule has 0 aromatic heterocycles. The van der Waals surface area contributed by atoms with Crippen LogP contribution in [0.4, 0.5) is 9.18 Å². The number of imide groups is 1. The summed E-state index contributed by atoms with van der Waals surface area (Å²) in [5.41, 5.74) is 1.50. The summed E-state index contributed by atoms with van der Waals surface area (Å²) >= 11 is 0. The second-order valence-corrected chi connectivity index (χ2v) is 7.20. The van der Waals surface area contributed by atoms with Crippen LogP contribution in [0.3, 0.4) is 0 Å². The van der Waals surface area contributed by atoms with E-state index in [9.17, 15) is 18.8 Å². The number of nitrogens with zero attached hydrogens (tertiary/aromatic N) is 1. The molecule has 0 radical (unpaired) electrons. The van der Waals surface area contributed by atoms with Crippen molar-refractivity contribution in [2.45, 2.75) is 31.7 Å². The highest BCUT2D eigenvalue weighted by molar-refractivity contribution is 5.97. The SMILES string of the molecule is O=C(CCCC(=O)N1C(=O)OC[C@@H]1C1=CC=CC2CC12)c1ccc(F)cc1. The molecular formula is C21H20FNO4. The number of hydrogen-bond acceptors (Lipinski definition) is 4. The third-order valence-corrected chi connectivity index (χ3v) is 5.40. The van der Waals surface area contributed by atoms with E-state index in [1.165, 1.54) is 29.2 Å². The molecule has 6 heteroatoms. The Morgan fingerprint density at radius 2 is 1.96 bits per heavy atom. The largest absolute Gasteiger partial charge is 0.447 e. The Hall–Kier alpha value is -2.76. The van der Waals surface area contributed by atoms with Crippen LogP contribution in [-0.4, -0.2) is 35.3 Å². The van der Waals surface area contributed by atoms with Crippen molar-refractivity contribution in [3.63, 3.8) is 0 Å². The fourth-order valence-electron chi connectivity index (χ4n) is 3.84. The number of amides is 2. The number of ketones is 1. The summed E-state index contributed by atoms with van der Waals surface area (Å²) in [5, 5.41) is 0. The van der Waals surface area contributed by atoms with Gasteiger partial charge in [0, 0.05) is 18.4 Å². The van der Waals surface area contributed by atoms with E-state index in [0.29, 0.717) is 23.8 Å². The zero-order chi connectivity index (χ0) is 19.0. The molecule has 1 heterocycles. The first-order chi connectivity index (χ1) is 13.0. The molecule has 2 fully saturated rings. The maximum absolute atomic E-state index is 12.9. The quantitative estimate of drug-likeness (QED) is 0.718. The Kier molecular flexibility index (Phi) is 4.64. The van der Waals surface area contributed by atoms with Gasteiger partial charge in [-0.05, 0) is 54.5 Å². The van der Waals surface area contributed by atoms with Gasteiger partial charge in [0.15, 0.2) is 5.78 Å². The lowest BCUT2D eigenvalue weighted by Crippen LogP contribution is -2.40. The molecule has 1 saturated heterocycles. The van der Waals surface area contributed by atoms with Crippen LogP contribution < -0.4 is 0 Å². The molecule has 3 aliphatic rings. The van der Waals surface area contributed by atoms with Crippen molar-refractivity contribution in [2.75, 3.05) is 6.61 Å². The van der Waals surface area contributed by atoms with Crippen molar-refractivity contribution in [3.8, 4) is 0 Å². The molecule has 0 spiro atoms. The van der Waals surface area contributed by atoms with E-state index in [2.05, 4.69) is 6.08 Å². The predicted octanol–water partition coefficient (Wildman–Crippen LogP) is 3.66. The van der Waals surface area contributed by atoms with Crippen molar-refractivity contribution < 1.29 is 23.5 Å². The van der Waals surface area contributed by atoms with Gasteiger partial charge in [0.25, 0.3) is 0 Å². The average molecular weight is 369 g/mol. The predicted molar refractivity (Wildman–Crippen MR) is 95.4 cm³/mol. The lowest BCUT2D eigenvalue weighted by Gasteiger charge is -2.23. The van der Waals surface area contributed by atoms with Crippen LogP contribution >= 0.6 is 0 Å².